The summed E-state index contributed by atoms with van der Waals surface area (Å²) in [7, 11) is 1.62. The van der Waals surface area contributed by atoms with E-state index in [1.165, 1.54) is 19.3 Å². The lowest BCUT2D eigenvalue weighted by atomic mass is 9.91. The molecule has 35 heavy (non-hydrogen) atoms. The van der Waals surface area contributed by atoms with E-state index in [2.05, 4.69) is 14.8 Å². The largest absolute Gasteiger partial charge is 0.497 e. The number of piperazine rings is 1. The molecule has 1 amide bonds. The summed E-state index contributed by atoms with van der Waals surface area (Å²) in [6.45, 7) is 13.6. The summed E-state index contributed by atoms with van der Waals surface area (Å²) >= 11 is 0. The van der Waals surface area contributed by atoms with Gasteiger partial charge in [-0.05, 0) is 43.0 Å². The number of aromatic nitrogens is 2. The zero-order valence-corrected chi connectivity index (χ0v) is 22.3. The molecule has 5 rings (SSSR count). The van der Waals surface area contributed by atoms with Gasteiger partial charge in [-0.25, -0.2) is 9.97 Å². The molecule has 1 aromatic carbocycles. The third kappa shape index (κ3) is 6.51. The van der Waals surface area contributed by atoms with E-state index in [9.17, 15) is 4.79 Å². The molecule has 1 aromatic heterocycles. The normalized spacial score (nSPS) is 18.1. The van der Waals surface area contributed by atoms with Crippen LogP contribution < -0.4 is 9.64 Å². The number of amides is 1. The molecule has 0 bridgehead atoms. The summed E-state index contributed by atoms with van der Waals surface area (Å²) in [4.78, 5) is 29.5. The lowest BCUT2D eigenvalue weighted by molar-refractivity contribution is 0.0762. The zero-order chi connectivity index (χ0) is 25.2. The van der Waals surface area contributed by atoms with E-state index < -0.39 is 0 Å². The monoisotopic (exact) mass is 481 g/mol. The summed E-state index contributed by atoms with van der Waals surface area (Å²) in [5, 5.41) is 0. The van der Waals surface area contributed by atoms with Gasteiger partial charge >= 0.3 is 0 Å². The molecule has 1 aliphatic carbocycles. The fraction of sp³-hybridized carbons (Fsp3) is 0.607. The third-order valence-electron chi connectivity index (χ3n) is 7.00. The Labute approximate surface area is 211 Å². The van der Waals surface area contributed by atoms with Crippen molar-refractivity contribution in [2.24, 2.45) is 0 Å². The van der Waals surface area contributed by atoms with Crippen LogP contribution in [-0.2, 0) is 12.8 Å². The minimum absolute atomic E-state index is 0.0482. The number of nitrogens with zero attached hydrogens (tertiary/aromatic N) is 5. The van der Waals surface area contributed by atoms with Gasteiger partial charge in [-0.1, -0.05) is 40.2 Å². The van der Waals surface area contributed by atoms with E-state index in [4.69, 9.17) is 9.72 Å². The smallest absolute Gasteiger partial charge is 0.254 e. The molecule has 0 unspecified atom stereocenters. The van der Waals surface area contributed by atoms with Gasteiger partial charge < -0.3 is 14.5 Å². The second-order valence-electron chi connectivity index (χ2n) is 8.77. The number of rotatable bonds is 4. The fourth-order valence-electron chi connectivity index (χ4n) is 4.80. The predicted molar refractivity (Wildman–Crippen MR) is 142 cm³/mol. The third-order valence-corrected chi connectivity index (χ3v) is 7.00. The van der Waals surface area contributed by atoms with E-state index in [1.807, 2.05) is 63.1 Å². The minimum atomic E-state index is 0.0482. The molecular weight excluding hydrogens is 438 g/mol. The molecule has 3 heterocycles. The first-order valence-corrected chi connectivity index (χ1v) is 13.5. The van der Waals surface area contributed by atoms with Crippen LogP contribution in [-0.4, -0.2) is 78.1 Å². The standard InChI is InChI=1S/C24H31N5O2.2C2H6/c1-31-21-7-2-4-18(16-21)23(30)28-10-8-19-17-25-24(26-22(19)9-11-28)29-14-12-27(13-15-29)20-5-3-6-20;2*1-2/h2,4,7,16-17,20H,3,5-6,8-15H2,1H3;2*1-2H3. The van der Waals surface area contributed by atoms with Gasteiger partial charge in [-0.15, -0.1) is 0 Å². The first kappa shape index (κ1) is 26.9. The molecule has 2 aromatic rings. The molecule has 7 nitrogen and oxygen atoms in total. The Morgan fingerprint density at radius 1 is 0.971 bits per heavy atom. The zero-order valence-electron chi connectivity index (χ0n) is 22.3. The van der Waals surface area contributed by atoms with Crippen LogP contribution in [0.15, 0.2) is 30.5 Å². The van der Waals surface area contributed by atoms with Gasteiger partial charge in [0.25, 0.3) is 5.91 Å². The number of methoxy groups -OCH3 is 1. The van der Waals surface area contributed by atoms with Crippen LogP contribution in [0, 0.1) is 0 Å². The maximum absolute atomic E-state index is 13.0. The summed E-state index contributed by atoms with van der Waals surface area (Å²) < 4.78 is 5.27. The van der Waals surface area contributed by atoms with Crippen molar-refractivity contribution in [2.45, 2.75) is 65.8 Å². The van der Waals surface area contributed by atoms with E-state index in [-0.39, 0.29) is 5.91 Å². The van der Waals surface area contributed by atoms with Crippen molar-refractivity contribution in [1.82, 2.24) is 19.8 Å². The van der Waals surface area contributed by atoms with Crippen molar-refractivity contribution in [3.05, 3.63) is 47.3 Å². The average Bonchev–Trinajstić information content (AvgIpc) is 3.12. The number of benzene rings is 1. The quantitative estimate of drug-likeness (QED) is 0.643. The SMILES string of the molecule is CC.CC.COc1cccc(C(=O)N2CCc3cnc(N4CCN(C5CCC5)CC4)nc3CC2)c1. The van der Waals surface area contributed by atoms with Crippen LogP contribution in [0.5, 0.6) is 5.75 Å². The number of carbonyl (C=O) groups is 1. The first-order valence-electron chi connectivity index (χ1n) is 13.5. The lowest BCUT2D eigenvalue weighted by Gasteiger charge is -2.43. The topological polar surface area (TPSA) is 61.8 Å². The van der Waals surface area contributed by atoms with Crippen molar-refractivity contribution in [3.63, 3.8) is 0 Å². The van der Waals surface area contributed by atoms with Gasteiger partial charge in [-0.3, -0.25) is 9.69 Å². The Kier molecular flexibility index (Phi) is 10.3. The van der Waals surface area contributed by atoms with Crippen LogP contribution in [0.3, 0.4) is 0 Å². The molecule has 2 fully saturated rings. The predicted octanol–water partition coefficient (Wildman–Crippen LogP) is 4.45. The maximum Gasteiger partial charge on any atom is 0.254 e. The van der Waals surface area contributed by atoms with Crippen LogP contribution in [0.2, 0.25) is 0 Å². The highest BCUT2D eigenvalue weighted by molar-refractivity contribution is 5.94. The number of ether oxygens (including phenoxy) is 1. The van der Waals surface area contributed by atoms with Crippen LogP contribution >= 0.6 is 0 Å². The highest BCUT2D eigenvalue weighted by atomic mass is 16.5. The van der Waals surface area contributed by atoms with E-state index in [0.717, 1.165) is 62.3 Å². The second-order valence-corrected chi connectivity index (χ2v) is 8.77. The van der Waals surface area contributed by atoms with Gasteiger partial charge in [0.15, 0.2) is 0 Å². The summed E-state index contributed by atoms with van der Waals surface area (Å²) in [6, 6.07) is 8.19. The Bertz CT molecular complexity index is 939. The summed E-state index contributed by atoms with van der Waals surface area (Å²) in [5.74, 6) is 1.60. The molecule has 7 heteroatoms. The first-order chi connectivity index (χ1) is 17.2. The Hall–Kier alpha value is -2.67. The molecule has 0 N–H and O–H groups in total. The molecule has 192 valence electrons. The van der Waals surface area contributed by atoms with Gasteiger partial charge in [0.2, 0.25) is 5.95 Å². The van der Waals surface area contributed by atoms with E-state index in [1.54, 1.807) is 7.11 Å². The van der Waals surface area contributed by atoms with Gasteiger partial charge in [0.1, 0.15) is 5.75 Å². The van der Waals surface area contributed by atoms with Crippen molar-refractivity contribution in [2.75, 3.05) is 51.3 Å². The lowest BCUT2D eigenvalue weighted by Crippen LogP contribution is -2.52. The molecule has 1 saturated carbocycles. The molecule has 1 saturated heterocycles. The number of hydrogen-bond donors (Lipinski definition) is 0. The number of carbonyl (C=O) groups excluding carboxylic acids is 1. The Balaban J connectivity index is 0.000000815. The van der Waals surface area contributed by atoms with Crippen LogP contribution in [0.1, 0.15) is 68.6 Å². The van der Waals surface area contributed by atoms with Crippen molar-refractivity contribution in [3.8, 4) is 5.75 Å². The molecule has 2 aliphatic heterocycles. The van der Waals surface area contributed by atoms with Crippen molar-refractivity contribution in [1.29, 1.82) is 0 Å². The molecule has 3 aliphatic rings. The van der Waals surface area contributed by atoms with E-state index >= 15 is 0 Å². The van der Waals surface area contributed by atoms with Crippen LogP contribution in [0.4, 0.5) is 5.95 Å². The Morgan fingerprint density at radius 2 is 1.69 bits per heavy atom. The molecule has 0 atom stereocenters. The molecule has 0 radical (unpaired) electrons. The van der Waals surface area contributed by atoms with Gasteiger partial charge in [0, 0.05) is 63.5 Å². The molecule has 0 spiro atoms. The van der Waals surface area contributed by atoms with Crippen LogP contribution in [0.25, 0.3) is 0 Å². The minimum Gasteiger partial charge on any atom is -0.497 e. The Morgan fingerprint density at radius 3 is 2.34 bits per heavy atom. The summed E-state index contributed by atoms with van der Waals surface area (Å²) in [5.41, 5.74) is 2.92. The number of anilines is 1. The highest BCUT2D eigenvalue weighted by Crippen LogP contribution is 2.26. The van der Waals surface area contributed by atoms with Gasteiger partial charge in [-0.2, -0.15) is 0 Å². The van der Waals surface area contributed by atoms with Crippen molar-refractivity contribution < 1.29 is 9.53 Å². The molecular formula is C28H43N5O2. The average molecular weight is 482 g/mol. The van der Waals surface area contributed by atoms with Gasteiger partial charge in [0.05, 0.1) is 12.8 Å². The highest BCUT2D eigenvalue weighted by Gasteiger charge is 2.29. The van der Waals surface area contributed by atoms with Crippen molar-refractivity contribution >= 4 is 11.9 Å². The number of hydrogen-bond acceptors (Lipinski definition) is 6. The maximum atomic E-state index is 13.0. The fourth-order valence-corrected chi connectivity index (χ4v) is 4.80. The summed E-state index contributed by atoms with van der Waals surface area (Å²) in [6.07, 6.45) is 7.65. The second kappa shape index (κ2) is 13.4. The number of fused-ring (bicyclic) bond motifs is 1. The van der Waals surface area contributed by atoms with E-state index in [0.29, 0.717) is 24.4 Å².